The van der Waals surface area contributed by atoms with E-state index in [1.165, 1.54) is 8.20 Å². The molecule has 1 atom stereocenters. The molecule has 1 aliphatic heterocycles. The third kappa shape index (κ3) is 4.59. The van der Waals surface area contributed by atoms with Crippen LogP contribution < -0.4 is 17.0 Å². The topological polar surface area (TPSA) is 6.25 Å². The van der Waals surface area contributed by atoms with Crippen LogP contribution in [0.5, 0.6) is 0 Å². The zero-order valence-corrected chi connectivity index (χ0v) is 18.8. The van der Waals surface area contributed by atoms with Crippen molar-refractivity contribution in [3.63, 3.8) is 0 Å². The van der Waals surface area contributed by atoms with Gasteiger partial charge in [-0.1, -0.05) is 0 Å². The summed E-state index contributed by atoms with van der Waals surface area (Å²) in [5.41, 5.74) is 0. The van der Waals surface area contributed by atoms with Gasteiger partial charge in [0.25, 0.3) is 0 Å². The van der Waals surface area contributed by atoms with Crippen molar-refractivity contribution in [1.29, 1.82) is 0 Å². The van der Waals surface area contributed by atoms with Gasteiger partial charge in [0.15, 0.2) is 0 Å². The van der Waals surface area contributed by atoms with E-state index in [4.69, 9.17) is 0 Å². The van der Waals surface area contributed by atoms with Crippen LogP contribution in [0, 0.1) is 0 Å². The highest BCUT2D eigenvalue weighted by Crippen LogP contribution is 2.62. The largest absolute Gasteiger partial charge is 1.00 e. The Kier molecular flexibility index (Phi) is 9.25. The highest BCUT2D eigenvalue weighted by atomic mass is 79.9. The number of hydrogen-bond donors (Lipinski definition) is 0. The second-order valence-corrected chi connectivity index (χ2v) is 11.5. The lowest BCUT2D eigenvalue weighted by Gasteiger charge is -2.37. The van der Waals surface area contributed by atoms with Crippen LogP contribution in [-0.2, 0) is 0 Å². The van der Waals surface area contributed by atoms with Crippen LogP contribution in [0.4, 0.5) is 0 Å². The van der Waals surface area contributed by atoms with Crippen molar-refractivity contribution in [3.05, 3.63) is 0 Å². The van der Waals surface area contributed by atoms with Crippen molar-refractivity contribution in [2.24, 2.45) is 0 Å². The molecule has 0 amide bonds. The Balaban J connectivity index is 0.00000361. The fourth-order valence-electron chi connectivity index (χ4n) is 2.66. The molecule has 0 aliphatic carbocycles. The Bertz CT molecular complexity index is 373. The number of nitrogens with zero attached hydrogens (tertiary/aromatic N) is 2. The Morgan fingerprint density at radius 3 is 1.60 bits per heavy atom. The van der Waals surface area contributed by atoms with Gasteiger partial charge in [0.2, 0.25) is 5.19 Å². The van der Waals surface area contributed by atoms with E-state index >= 15 is 0 Å². The molecule has 0 aromatic carbocycles. The third-order valence-electron chi connectivity index (χ3n) is 3.24. The summed E-state index contributed by atoms with van der Waals surface area (Å²) in [6, 6.07) is 2.33. The standard InChI is InChI=1S/C14H28BrN2P2.BrH/c1-9(2)16(10(3)4)13-18-14(19(13)15)17(11(5)6)12(7)8;/h9-12H,1-8H3;1H/q+1;/p-1. The molecule has 1 unspecified atom stereocenters. The Labute approximate surface area is 146 Å². The predicted molar refractivity (Wildman–Crippen MR) is 95.4 cm³/mol. The molecule has 1 rings (SSSR count). The van der Waals surface area contributed by atoms with Crippen molar-refractivity contribution in [2.45, 2.75) is 79.6 Å². The smallest absolute Gasteiger partial charge is 0.240 e. The van der Waals surface area contributed by atoms with Crippen molar-refractivity contribution < 1.29 is 21.6 Å². The molecule has 0 aromatic heterocycles. The lowest BCUT2D eigenvalue weighted by Crippen LogP contribution is -3.00. The van der Waals surface area contributed by atoms with Gasteiger partial charge in [-0.05, 0) is 70.9 Å². The van der Waals surface area contributed by atoms with Gasteiger partial charge in [0.1, 0.15) is 18.7 Å². The minimum atomic E-state index is -0.268. The summed E-state index contributed by atoms with van der Waals surface area (Å²) in [4.78, 5) is 2.57. The van der Waals surface area contributed by atoms with Crippen LogP contribution in [0.15, 0.2) is 0 Å². The fraction of sp³-hybridized carbons (Fsp3) is 0.857. The molecule has 0 spiro atoms. The average molecular weight is 446 g/mol. The van der Waals surface area contributed by atoms with E-state index in [9.17, 15) is 0 Å². The zero-order chi connectivity index (χ0) is 14.9. The molecular formula is C14H28Br2N2P2. The molecule has 6 heteroatoms. The van der Waals surface area contributed by atoms with Crippen LogP contribution in [0.2, 0.25) is 0 Å². The minimum absolute atomic E-state index is 0. The van der Waals surface area contributed by atoms with Gasteiger partial charge in [-0.15, -0.1) is 0 Å². The Morgan fingerprint density at radius 2 is 1.35 bits per heavy atom. The summed E-state index contributed by atoms with van der Waals surface area (Å²) in [6.45, 7) is 18.1. The molecule has 0 fully saturated rings. The summed E-state index contributed by atoms with van der Waals surface area (Å²) in [5.74, 6) is 0. The predicted octanol–water partition coefficient (Wildman–Crippen LogP) is 2.13. The highest BCUT2D eigenvalue weighted by Gasteiger charge is 2.41. The molecule has 0 N–H and O–H groups in total. The van der Waals surface area contributed by atoms with E-state index in [-0.39, 0.29) is 23.6 Å². The first kappa shape index (κ1) is 21.2. The maximum Gasteiger partial charge on any atom is 0.240 e. The van der Waals surface area contributed by atoms with E-state index < -0.39 is 0 Å². The maximum absolute atomic E-state index is 3.97. The van der Waals surface area contributed by atoms with Crippen LogP contribution in [-0.4, -0.2) is 44.0 Å². The van der Waals surface area contributed by atoms with Crippen molar-refractivity contribution >= 4 is 40.7 Å². The molecule has 20 heavy (non-hydrogen) atoms. The first-order valence-electron chi connectivity index (χ1n) is 7.16. The van der Waals surface area contributed by atoms with Gasteiger partial charge in [-0.2, -0.15) is 0 Å². The lowest BCUT2D eigenvalue weighted by molar-refractivity contribution is -0.583. The normalized spacial score (nSPS) is 19.6. The molecule has 1 heterocycles. The first-order valence-corrected chi connectivity index (χ1v) is 11.4. The van der Waals surface area contributed by atoms with Gasteiger partial charge in [0.05, 0.1) is 5.16 Å². The molecule has 118 valence electrons. The highest BCUT2D eigenvalue weighted by molar-refractivity contribution is 9.43. The van der Waals surface area contributed by atoms with Crippen LogP contribution >= 0.6 is 30.3 Å². The van der Waals surface area contributed by atoms with Crippen LogP contribution in [0.1, 0.15) is 55.4 Å². The second kappa shape index (κ2) is 8.73. The fourth-order valence-corrected chi connectivity index (χ4v) is 9.17. The molecule has 0 aromatic rings. The van der Waals surface area contributed by atoms with E-state index in [1.807, 2.05) is 0 Å². The van der Waals surface area contributed by atoms with Crippen LogP contribution in [0.25, 0.3) is 0 Å². The maximum atomic E-state index is 3.97. The number of rotatable bonds is 5. The zero-order valence-electron chi connectivity index (χ0n) is 13.9. The monoisotopic (exact) mass is 444 g/mol. The van der Waals surface area contributed by atoms with Gasteiger partial charge in [-0.3, -0.25) is 4.90 Å². The molecule has 0 saturated carbocycles. The molecule has 0 saturated heterocycles. The molecule has 1 aliphatic rings. The molecule has 2 nitrogen and oxygen atoms in total. The molecule has 0 bridgehead atoms. The molecular weight excluding hydrogens is 418 g/mol. The van der Waals surface area contributed by atoms with E-state index in [0.29, 0.717) is 24.2 Å². The lowest BCUT2D eigenvalue weighted by atomic mass is 10.2. The van der Waals surface area contributed by atoms with Crippen molar-refractivity contribution in [1.82, 2.24) is 4.90 Å². The van der Waals surface area contributed by atoms with E-state index in [2.05, 4.69) is 80.4 Å². The van der Waals surface area contributed by atoms with Crippen molar-refractivity contribution in [3.8, 4) is 0 Å². The van der Waals surface area contributed by atoms with Gasteiger partial charge in [0, 0.05) is 20.3 Å². The van der Waals surface area contributed by atoms with Gasteiger partial charge >= 0.3 is 0 Å². The summed E-state index contributed by atoms with van der Waals surface area (Å²) in [5, 5.41) is 3.17. The number of hydrogen-bond acceptors (Lipinski definition) is 1. The first-order chi connectivity index (χ1) is 8.68. The quantitative estimate of drug-likeness (QED) is 0.464. The van der Waals surface area contributed by atoms with Gasteiger partial charge in [-0.25, -0.2) is 4.58 Å². The van der Waals surface area contributed by atoms with Crippen molar-refractivity contribution in [2.75, 3.05) is 0 Å². The summed E-state index contributed by atoms with van der Waals surface area (Å²) >= 11 is 3.97. The second-order valence-electron chi connectivity index (χ2n) is 6.18. The summed E-state index contributed by atoms with van der Waals surface area (Å²) < 4.78 is 2.57. The Morgan fingerprint density at radius 1 is 0.950 bits per heavy atom. The third-order valence-corrected chi connectivity index (χ3v) is 10.7. The Hall–Kier alpha value is 1.19. The van der Waals surface area contributed by atoms with E-state index in [1.54, 1.807) is 10.4 Å². The minimum Gasteiger partial charge on any atom is -1.00 e. The summed E-state index contributed by atoms with van der Waals surface area (Å²) in [7, 11) is 1.43. The van der Waals surface area contributed by atoms with Gasteiger partial charge < -0.3 is 17.0 Å². The van der Waals surface area contributed by atoms with Crippen LogP contribution in [0.3, 0.4) is 0 Å². The summed E-state index contributed by atoms with van der Waals surface area (Å²) in [6.07, 6.45) is 0. The average Bonchev–Trinajstić information content (AvgIpc) is 2.24. The van der Waals surface area contributed by atoms with E-state index in [0.717, 1.165) is 0 Å². The SMILES string of the molecule is CC(C)N(C1=PC(=[N+](C(C)C)C(C)C)P1Br)C(C)C.[Br-]. The molecule has 0 radical (unpaired) electrons. The number of halogens is 2.